The number of hydrogen-bond acceptors (Lipinski definition) is 2. The zero-order valence-electron chi connectivity index (χ0n) is 7.12. The van der Waals surface area contributed by atoms with Gasteiger partial charge >= 0.3 is 0 Å². The molecule has 0 spiro atoms. The Hall–Kier alpha value is 0.350. The maximum atomic E-state index is 9.45. The fraction of sp³-hybridized carbons (Fsp3) is 1.00. The molecule has 1 aliphatic carbocycles. The van der Waals surface area contributed by atoms with Gasteiger partial charge in [-0.3, -0.25) is 0 Å². The topological polar surface area (TPSA) is 29.5 Å². The molecule has 1 unspecified atom stereocenters. The van der Waals surface area contributed by atoms with Crippen LogP contribution in [0.1, 0.15) is 25.7 Å². The van der Waals surface area contributed by atoms with Crippen molar-refractivity contribution in [2.75, 3.05) is 19.6 Å². The van der Waals surface area contributed by atoms with Gasteiger partial charge in [-0.05, 0) is 12.1 Å². The SMILES string of the molecule is COCP(O)CC1CCCC1. The van der Waals surface area contributed by atoms with E-state index < -0.39 is 8.15 Å². The van der Waals surface area contributed by atoms with Gasteiger partial charge in [-0.2, -0.15) is 0 Å². The van der Waals surface area contributed by atoms with E-state index in [1.807, 2.05) is 0 Å². The molecule has 2 nitrogen and oxygen atoms in total. The molecule has 0 saturated heterocycles. The lowest BCUT2D eigenvalue weighted by Crippen LogP contribution is -2.01. The van der Waals surface area contributed by atoms with Gasteiger partial charge in [-0.1, -0.05) is 25.7 Å². The second kappa shape index (κ2) is 5.08. The summed E-state index contributed by atoms with van der Waals surface area (Å²) < 4.78 is 4.89. The quantitative estimate of drug-likeness (QED) is 0.665. The van der Waals surface area contributed by atoms with Crippen LogP contribution in [0.3, 0.4) is 0 Å². The Morgan fingerprint density at radius 3 is 2.64 bits per heavy atom. The summed E-state index contributed by atoms with van der Waals surface area (Å²) in [6.07, 6.45) is 6.93. The number of hydrogen-bond donors (Lipinski definition) is 1. The standard InChI is InChI=1S/C8H17O2P/c1-10-7-11(9)6-8-4-2-3-5-8/h8-9H,2-7H2,1H3. The van der Waals surface area contributed by atoms with Crippen molar-refractivity contribution in [2.45, 2.75) is 25.7 Å². The molecule has 0 aromatic heterocycles. The first kappa shape index (κ1) is 9.44. The highest BCUT2D eigenvalue weighted by Crippen LogP contribution is 2.38. The second-order valence-corrected chi connectivity index (χ2v) is 4.89. The fourth-order valence-corrected chi connectivity index (χ4v) is 3.06. The van der Waals surface area contributed by atoms with Gasteiger partial charge in [0, 0.05) is 7.11 Å². The van der Waals surface area contributed by atoms with Crippen LogP contribution in [0, 0.1) is 5.92 Å². The minimum atomic E-state index is -0.814. The molecule has 1 aliphatic rings. The van der Waals surface area contributed by atoms with E-state index in [0.717, 1.165) is 12.1 Å². The Bertz CT molecular complexity index is 102. The molecule has 11 heavy (non-hydrogen) atoms. The first-order valence-electron chi connectivity index (χ1n) is 4.25. The minimum Gasteiger partial charge on any atom is -0.378 e. The molecule has 0 heterocycles. The van der Waals surface area contributed by atoms with Gasteiger partial charge in [0.25, 0.3) is 0 Å². The molecular formula is C8H17O2P. The Balaban J connectivity index is 2.08. The van der Waals surface area contributed by atoms with Crippen LogP contribution < -0.4 is 0 Å². The van der Waals surface area contributed by atoms with E-state index in [2.05, 4.69) is 0 Å². The maximum Gasteiger partial charge on any atom is 0.0900 e. The molecule has 0 aliphatic heterocycles. The molecular weight excluding hydrogens is 159 g/mol. The molecule has 1 atom stereocenters. The Kier molecular flexibility index (Phi) is 4.36. The van der Waals surface area contributed by atoms with Crippen LogP contribution in [0.15, 0.2) is 0 Å². The lowest BCUT2D eigenvalue weighted by atomic mass is 10.1. The number of ether oxygens (including phenoxy) is 1. The molecule has 1 saturated carbocycles. The summed E-state index contributed by atoms with van der Waals surface area (Å²) in [5.41, 5.74) is 0. The highest BCUT2D eigenvalue weighted by molar-refractivity contribution is 7.51. The number of rotatable bonds is 4. The van der Waals surface area contributed by atoms with Crippen LogP contribution in [0.25, 0.3) is 0 Å². The van der Waals surface area contributed by atoms with Gasteiger partial charge in [-0.25, -0.2) is 0 Å². The van der Waals surface area contributed by atoms with Gasteiger partial charge in [0.1, 0.15) is 0 Å². The highest BCUT2D eigenvalue weighted by Gasteiger charge is 2.18. The molecule has 0 radical (unpaired) electrons. The molecule has 0 amide bonds. The van der Waals surface area contributed by atoms with E-state index in [9.17, 15) is 4.89 Å². The monoisotopic (exact) mass is 176 g/mol. The van der Waals surface area contributed by atoms with Crippen molar-refractivity contribution in [3.05, 3.63) is 0 Å². The summed E-state index contributed by atoms with van der Waals surface area (Å²) >= 11 is 0. The van der Waals surface area contributed by atoms with Gasteiger partial charge in [0.2, 0.25) is 0 Å². The molecule has 1 N–H and O–H groups in total. The number of methoxy groups -OCH3 is 1. The maximum absolute atomic E-state index is 9.45. The summed E-state index contributed by atoms with van der Waals surface area (Å²) in [6, 6.07) is 0. The summed E-state index contributed by atoms with van der Waals surface area (Å²) in [7, 11) is 0.839. The van der Waals surface area contributed by atoms with Crippen molar-refractivity contribution in [3.8, 4) is 0 Å². The van der Waals surface area contributed by atoms with Gasteiger partial charge in [0.15, 0.2) is 0 Å². The average Bonchev–Trinajstić information content (AvgIpc) is 2.40. The van der Waals surface area contributed by atoms with Crippen LogP contribution >= 0.6 is 8.15 Å². The van der Waals surface area contributed by atoms with Crippen LogP contribution in [0.4, 0.5) is 0 Å². The summed E-state index contributed by atoms with van der Waals surface area (Å²) in [6.45, 7) is 0. The van der Waals surface area contributed by atoms with Gasteiger partial charge in [0.05, 0.1) is 14.5 Å². The third kappa shape index (κ3) is 3.50. The lowest BCUT2D eigenvalue weighted by molar-refractivity contribution is 0.247. The summed E-state index contributed by atoms with van der Waals surface area (Å²) in [4.78, 5) is 9.45. The molecule has 3 heteroatoms. The first-order valence-corrected chi connectivity index (χ1v) is 5.92. The predicted octanol–water partition coefficient (Wildman–Crippen LogP) is 2.17. The van der Waals surface area contributed by atoms with E-state index in [1.165, 1.54) is 25.7 Å². The predicted molar refractivity (Wildman–Crippen MR) is 47.8 cm³/mol. The fourth-order valence-electron chi connectivity index (χ4n) is 1.69. The van der Waals surface area contributed by atoms with E-state index >= 15 is 0 Å². The molecule has 0 aromatic rings. The second-order valence-electron chi connectivity index (χ2n) is 3.26. The van der Waals surface area contributed by atoms with Crippen molar-refractivity contribution in [1.29, 1.82) is 0 Å². The van der Waals surface area contributed by atoms with Crippen LogP contribution in [-0.4, -0.2) is 24.5 Å². The van der Waals surface area contributed by atoms with Crippen molar-refractivity contribution < 1.29 is 9.63 Å². The zero-order valence-corrected chi connectivity index (χ0v) is 8.02. The van der Waals surface area contributed by atoms with Crippen LogP contribution in [0.2, 0.25) is 0 Å². The molecule has 0 bridgehead atoms. The smallest absolute Gasteiger partial charge is 0.0900 e. The van der Waals surface area contributed by atoms with Crippen molar-refractivity contribution in [1.82, 2.24) is 0 Å². The minimum absolute atomic E-state index is 0.561. The van der Waals surface area contributed by atoms with Crippen LogP contribution in [-0.2, 0) is 4.74 Å². The first-order chi connectivity index (χ1) is 5.33. The Morgan fingerprint density at radius 1 is 1.45 bits per heavy atom. The molecule has 66 valence electrons. The Labute approximate surface area is 69.8 Å². The van der Waals surface area contributed by atoms with Crippen molar-refractivity contribution in [3.63, 3.8) is 0 Å². The van der Waals surface area contributed by atoms with E-state index in [1.54, 1.807) is 7.11 Å². The normalized spacial score (nSPS) is 22.4. The zero-order chi connectivity index (χ0) is 8.10. The Morgan fingerprint density at radius 2 is 2.09 bits per heavy atom. The third-order valence-corrected chi connectivity index (χ3v) is 3.72. The average molecular weight is 176 g/mol. The van der Waals surface area contributed by atoms with E-state index in [0.29, 0.717) is 6.35 Å². The van der Waals surface area contributed by atoms with Gasteiger partial charge in [-0.15, -0.1) is 0 Å². The summed E-state index contributed by atoms with van der Waals surface area (Å²) in [5.74, 6) is 0.793. The van der Waals surface area contributed by atoms with E-state index in [-0.39, 0.29) is 0 Å². The molecule has 1 rings (SSSR count). The van der Waals surface area contributed by atoms with Crippen LogP contribution in [0.5, 0.6) is 0 Å². The molecule has 1 fully saturated rings. The van der Waals surface area contributed by atoms with Gasteiger partial charge < -0.3 is 9.63 Å². The third-order valence-electron chi connectivity index (χ3n) is 2.22. The highest BCUT2D eigenvalue weighted by atomic mass is 31.1. The lowest BCUT2D eigenvalue weighted by Gasteiger charge is -2.13. The molecule has 0 aromatic carbocycles. The van der Waals surface area contributed by atoms with Crippen molar-refractivity contribution in [2.24, 2.45) is 5.92 Å². The van der Waals surface area contributed by atoms with E-state index in [4.69, 9.17) is 4.74 Å². The van der Waals surface area contributed by atoms with Crippen molar-refractivity contribution >= 4 is 8.15 Å². The summed E-state index contributed by atoms with van der Waals surface area (Å²) in [5, 5.41) is 0. The largest absolute Gasteiger partial charge is 0.378 e.